The molecule has 0 atom stereocenters. The van der Waals surface area contributed by atoms with E-state index in [2.05, 4.69) is 9.47 Å². The van der Waals surface area contributed by atoms with Gasteiger partial charge in [0, 0.05) is 0 Å². The van der Waals surface area contributed by atoms with E-state index in [4.69, 9.17) is 5.26 Å². The average molecular weight is 259 g/mol. The predicted octanol–water partition coefficient (Wildman–Crippen LogP) is 2.37. The molecular weight excluding hydrogens is 251 g/mol. The van der Waals surface area contributed by atoms with Gasteiger partial charge in [0.25, 0.3) is 0 Å². The third kappa shape index (κ3) is 2.37. The first-order chi connectivity index (χ1) is 8.36. The first-order valence-corrected chi connectivity index (χ1v) is 4.63. The maximum atomic E-state index is 12.8. The Morgan fingerprint density at radius 2 is 1.94 bits per heavy atom. The van der Waals surface area contributed by atoms with Gasteiger partial charge in [0.2, 0.25) is 0 Å². The molecule has 1 aromatic carbocycles. The second kappa shape index (κ2) is 4.96. The van der Waals surface area contributed by atoms with E-state index >= 15 is 0 Å². The van der Waals surface area contributed by atoms with E-state index < -0.39 is 34.6 Å². The molecule has 0 saturated carbocycles. The summed E-state index contributed by atoms with van der Waals surface area (Å²) in [6.07, 6.45) is -4.81. The molecule has 7 heteroatoms. The van der Waals surface area contributed by atoms with E-state index in [0.717, 1.165) is 26.4 Å². The lowest BCUT2D eigenvalue weighted by Gasteiger charge is -2.15. The molecule has 0 spiro atoms. The Morgan fingerprint density at radius 3 is 2.33 bits per heavy atom. The van der Waals surface area contributed by atoms with Crippen molar-refractivity contribution in [2.45, 2.75) is 6.18 Å². The molecular formula is C11H8F3NO3. The van der Waals surface area contributed by atoms with Crippen molar-refractivity contribution in [1.82, 2.24) is 0 Å². The molecule has 0 bridgehead atoms. The first-order valence-electron chi connectivity index (χ1n) is 4.63. The molecule has 0 aromatic heterocycles. The number of esters is 1. The van der Waals surface area contributed by atoms with Crippen molar-refractivity contribution in [2.24, 2.45) is 0 Å². The number of nitriles is 1. The SMILES string of the molecule is COC(=O)c1ccc(OC)c(C(F)(F)F)c1C#N. The molecule has 0 aliphatic heterocycles. The normalized spacial score (nSPS) is 10.7. The lowest BCUT2D eigenvalue weighted by Crippen LogP contribution is -2.14. The van der Waals surface area contributed by atoms with E-state index in [0.29, 0.717) is 0 Å². The minimum Gasteiger partial charge on any atom is -0.496 e. The number of alkyl halides is 3. The van der Waals surface area contributed by atoms with Crippen LogP contribution >= 0.6 is 0 Å². The van der Waals surface area contributed by atoms with Crippen molar-refractivity contribution in [3.05, 3.63) is 28.8 Å². The van der Waals surface area contributed by atoms with Crippen LogP contribution in [-0.4, -0.2) is 20.2 Å². The molecule has 96 valence electrons. The van der Waals surface area contributed by atoms with Crippen LogP contribution in [0.25, 0.3) is 0 Å². The smallest absolute Gasteiger partial charge is 0.421 e. The Morgan fingerprint density at radius 1 is 1.33 bits per heavy atom. The van der Waals surface area contributed by atoms with Gasteiger partial charge in [-0.2, -0.15) is 18.4 Å². The fourth-order valence-electron chi connectivity index (χ4n) is 1.43. The molecule has 1 rings (SSSR count). The summed E-state index contributed by atoms with van der Waals surface area (Å²) >= 11 is 0. The number of hydrogen-bond donors (Lipinski definition) is 0. The van der Waals surface area contributed by atoms with Crippen LogP contribution in [0, 0.1) is 11.3 Å². The van der Waals surface area contributed by atoms with E-state index in [1.807, 2.05) is 0 Å². The molecule has 0 radical (unpaired) electrons. The van der Waals surface area contributed by atoms with E-state index in [9.17, 15) is 18.0 Å². The van der Waals surface area contributed by atoms with Crippen LogP contribution < -0.4 is 4.74 Å². The lowest BCUT2D eigenvalue weighted by atomic mass is 10.0. The second-order valence-corrected chi connectivity index (χ2v) is 3.17. The van der Waals surface area contributed by atoms with E-state index in [1.54, 1.807) is 0 Å². The van der Waals surface area contributed by atoms with Crippen LogP contribution in [0.1, 0.15) is 21.5 Å². The zero-order valence-electron chi connectivity index (χ0n) is 9.46. The van der Waals surface area contributed by atoms with E-state index in [-0.39, 0.29) is 0 Å². The Balaban J connectivity index is 3.65. The number of hydrogen-bond acceptors (Lipinski definition) is 4. The molecule has 18 heavy (non-hydrogen) atoms. The second-order valence-electron chi connectivity index (χ2n) is 3.17. The molecule has 1 aromatic rings. The van der Waals surface area contributed by atoms with Gasteiger partial charge in [-0.1, -0.05) is 0 Å². The maximum absolute atomic E-state index is 12.8. The Kier molecular flexibility index (Phi) is 3.81. The average Bonchev–Trinajstić information content (AvgIpc) is 2.34. The molecule has 0 saturated heterocycles. The highest BCUT2D eigenvalue weighted by atomic mass is 19.4. The standard InChI is InChI=1S/C11H8F3NO3/c1-17-8-4-3-6(10(16)18-2)7(5-15)9(8)11(12,13)14/h3-4H,1-2H3. The summed E-state index contributed by atoms with van der Waals surface area (Å²) in [4.78, 5) is 11.3. The largest absolute Gasteiger partial charge is 0.496 e. The van der Waals surface area contributed by atoms with Crippen LogP contribution in [-0.2, 0) is 10.9 Å². The zero-order valence-corrected chi connectivity index (χ0v) is 9.46. The number of benzene rings is 1. The quantitative estimate of drug-likeness (QED) is 0.765. The third-order valence-corrected chi connectivity index (χ3v) is 2.19. The summed E-state index contributed by atoms with van der Waals surface area (Å²) in [6, 6.07) is 3.38. The highest BCUT2D eigenvalue weighted by Gasteiger charge is 2.39. The van der Waals surface area contributed by atoms with Gasteiger partial charge in [0.05, 0.1) is 25.3 Å². The van der Waals surface area contributed by atoms with Gasteiger partial charge in [-0.05, 0) is 12.1 Å². The van der Waals surface area contributed by atoms with Crippen molar-refractivity contribution in [1.29, 1.82) is 5.26 Å². The molecule has 0 fully saturated rings. The molecule has 0 aliphatic carbocycles. The van der Waals surface area contributed by atoms with Gasteiger partial charge in [-0.3, -0.25) is 0 Å². The number of rotatable bonds is 2. The van der Waals surface area contributed by atoms with Gasteiger partial charge in [0.1, 0.15) is 17.4 Å². The Hall–Kier alpha value is -2.23. The number of ether oxygens (including phenoxy) is 2. The van der Waals surface area contributed by atoms with Gasteiger partial charge in [0.15, 0.2) is 0 Å². The fraction of sp³-hybridized carbons (Fsp3) is 0.273. The highest BCUT2D eigenvalue weighted by Crippen LogP contribution is 2.39. The number of methoxy groups -OCH3 is 2. The number of carbonyl (C=O) groups excluding carboxylic acids is 1. The van der Waals surface area contributed by atoms with E-state index in [1.165, 1.54) is 6.07 Å². The predicted molar refractivity (Wildman–Crippen MR) is 54.1 cm³/mol. The summed E-state index contributed by atoms with van der Waals surface area (Å²) in [5.74, 6) is -1.54. The number of carbonyl (C=O) groups is 1. The van der Waals surface area contributed by atoms with Crippen molar-refractivity contribution in [3.8, 4) is 11.8 Å². The van der Waals surface area contributed by atoms with Crippen LogP contribution in [0.5, 0.6) is 5.75 Å². The summed E-state index contributed by atoms with van der Waals surface area (Å²) < 4.78 is 47.4. The Labute approximate surface area is 101 Å². The monoisotopic (exact) mass is 259 g/mol. The fourth-order valence-corrected chi connectivity index (χ4v) is 1.43. The highest BCUT2D eigenvalue weighted by molar-refractivity contribution is 5.93. The summed E-state index contributed by atoms with van der Waals surface area (Å²) in [5, 5.41) is 8.81. The summed E-state index contributed by atoms with van der Waals surface area (Å²) in [5.41, 5.74) is -2.54. The Bertz CT molecular complexity index is 517. The molecule has 0 amide bonds. The third-order valence-electron chi connectivity index (χ3n) is 2.19. The summed E-state index contributed by atoms with van der Waals surface area (Å²) in [7, 11) is 2.06. The van der Waals surface area contributed by atoms with Gasteiger partial charge >= 0.3 is 12.1 Å². The van der Waals surface area contributed by atoms with Crippen LogP contribution in [0.3, 0.4) is 0 Å². The molecule has 4 nitrogen and oxygen atoms in total. The first kappa shape index (κ1) is 13.8. The topological polar surface area (TPSA) is 59.3 Å². The molecule has 0 unspecified atom stereocenters. The van der Waals surface area contributed by atoms with Crippen molar-refractivity contribution >= 4 is 5.97 Å². The van der Waals surface area contributed by atoms with Crippen LogP contribution in [0.2, 0.25) is 0 Å². The minimum atomic E-state index is -4.81. The maximum Gasteiger partial charge on any atom is 0.421 e. The molecule has 0 heterocycles. The number of nitrogens with zero attached hydrogens (tertiary/aromatic N) is 1. The lowest BCUT2D eigenvalue weighted by molar-refractivity contribution is -0.139. The summed E-state index contributed by atoms with van der Waals surface area (Å²) in [6.45, 7) is 0. The molecule has 0 aliphatic rings. The number of halogens is 3. The van der Waals surface area contributed by atoms with Crippen molar-refractivity contribution < 1.29 is 27.4 Å². The van der Waals surface area contributed by atoms with Gasteiger partial charge in [-0.25, -0.2) is 4.79 Å². The molecule has 0 N–H and O–H groups in total. The van der Waals surface area contributed by atoms with Crippen LogP contribution in [0.15, 0.2) is 12.1 Å². The van der Waals surface area contributed by atoms with Crippen molar-refractivity contribution in [2.75, 3.05) is 14.2 Å². The van der Waals surface area contributed by atoms with Crippen LogP contribution in [0.4, 0.5) is 13.2 Å². The van der Waals surface area contributed by atoms with Gasteiger partial charge < -0.3 is 9.47 Å². The van der Waals surface area contributed by atoms with Gasteiger partial charge in [-0.15, -0.1) is 0 Å². The zero-order chi connectivity index (χ0) is 13.9. The van der Waals surface area contributed by atoms with Crippen molar-refractivity contribution in [3.63, 3.8) is 0 Å². The minimum absolute atomic E-state index is 0.451.